The van der Waals surface area contributed by atoms with Crippen molar-refractivity contribution in [2.75, 3.05) is 0 Å². The van der Waals surface area contributed by atoms with Crippen molar-refractivity contribution >= 4 is 16.9 Å². The van der Waals surface area contributed by atoms with E-state index in [0.29, 0.717) is 11.5 Å². The monoisotopic (exact) mass is 268 g/mol. The minimum atomic E-state index is -1.06. The molecular weight excluding hydrogens is 256 g/mol. The van der Waals surface area contributed by atoms with Crippen LogP contribution in [-0.2, 0) is 0 Å². The molecule has 20 heavy (non-hydrogen) atoms. The molecule has 100 valence electrons. The van der Waals surface area contributed by atoms with Crippen molar-refractivity contribution in [1.29, 1.82) is 0 Å². The standard InChI is InChI=1S/C15H12N2O3/c18-15(19)14-6-10-12(2-1-3-13(10)20-14)17-7-11(16-8-17)9-4-5-9/h1-3,6-9H,4-5H2,(H,18,19). The van der Waals surface area contributed by atoms with Gasteiger partial charge in [-0.05, 0) is 25.0 Å². The number of carboxylic acid groups (broad SMARTS) is 1. The highest BCUT2D eigenvalue weighted by Crippen LogP contribution is 2.39. The van der Waals surface area contributed by atoms with E-state index >= 15 is 0 Å². The van der Waals surface area contributed by atoms with Gasteiger partial charge in [-0.25, -0.2) is 9.78 Å². The number of aromatic nitrogens is 2. The zero-order chi connectivity index (χ0) is 13.7. The second-order valence-electron chi connectivity index (χ2n) is 5.08. The molecule has 1 N–H and O–H groups in total. The fraction of sp³-hybridized carbons (Fsp3) is 0.200. The number of carboxylic acids is 1. The lowest BCUT2D eigenvalue weighted by Gasteiger charge is -2.02. The molecule has 5 heteroatoms. The zero-order valence-corrected chi connectivity index (χ0v) is 10.6. The summed E-state index contributed by atoms with van der Waals surface area (Å²) >= 11 is 0. The summed E-state index contributed by atoms with van der Waals surface area (Å²) in [5.41, 5.74) is 2.56. The van der Waals surface area contributed by atoms with Gasteiger partial charge in [0.15, 0.2) is 0 Å². The van der Waals surface area contributed by atoms with Gasteiger partial charge in [-0.1, -0.05) is 6.07 Å². The third kappa shape index (κ3) is 1.71. The van der Waals surface area contributed by atoms with E-state index in [-0.39, 0.29) is 5.76 Å². The third-order valence-corrected chi connectivity index (χ3v) is 3.63. The highest BCUT2D eigenvalue weighted by molar-refractivity contribution is 5.94. The van der Waals surface area contributed by atoms with E-state index in [1.54, 1.807) is 18.5 Å². The maximum Gasteiger partial charge on any atom is 0.371 e. The Labute approximate surface area is 114 Å². The fourth-order valence-electron chi connectivity index (χ4n) is 2.44. The Kier molecular flexibility index (Phi) is 2.24. The molecule has 0 unspecified atom stereocenters. The molecule has 0 amide bonds. The molecule has 2 aromatic heterocycles. The number of aromatic carboxylic acids is 1. The first-order valence-corrected chi connectivity index (χ1v) is 6.52. The summed E-state index contributed by atoms with van der Waals surface area (Å²) < 4.78 is 7.25. The minimum absolute atomic E-state index is 0.0463. The lowest BCUT2D eigenvalue weighted by molar-refractivity contribution is 0.0665. The van der Waals surface area contributed by atoms with Gasteiger partial charge in [0.2, 0.25) is 5.76 Å². The molecule has 1 saturated carbocycles. The minimum Gasteiger partial charge on any atom is -0.475 e. The van der Waals surface area contributed by atoms with E-state index in [1.807, 2.05) is 22.9 Å². The number of hydrogen-bond acceptors (Lipinski definition) is 3. The van der Waals surface area contributed by atoms with Crippen molar-refractivity contribution in [3.05, 3.63) is 48.2 Å². The topological polar surface area (TPSA) is 68.3 Å². The molecule has 3 aromatic rings. The van der Waals surface area contributed by atoms with Crippen LogP contribution in [0.4, 0.5) is 0 Å². The normalized spacial score (nSPS) is 14.8. The van der Waals surface area contributed by atoms with Gasteiger partial charge in [0.05, 0.1) is 17.7 Å². The van der Waals surface area contributed by atoms with E-state index in [9.17, 15) is 4.79 Å². The highest BCUT2D eigenvalue weighted by Gasteiger charge is 2.26. The zero-order valence-electron chi connectivity index (χ0n) is 10.6. The largest absolute Gasteiger partial charge is 0.475 e. The lowest BCUT2D eigenvalue weighted by atomic mass is 10.2. The van der Waals surface area contributed by atoms with Crippen LogP contribution in [-0.4, -0.2) is 20.6 Å². The van der Waals surface area contributed by atoms with E-state index in [2.05, 4.69) is 4.98 Å². The van der Waals surface area contributed by atoms with Crippen molar-refractivity contribution in [2.45, 2.75) is 18.8 Å². The van der Waals surface area contributed by atoms with Crippen LogP contribution in [0.25, 0.3) is 16.7 Å². The first-order chi connectivity index (χ1) is 9.72. The van der Waals surface area contributed by atoms with Crippen LogP contribution in [0.5, 0.6) is 0 Å². The molecule has 1 aromatic carbocycles. The van der Waals surface area contributed by atoms with Gasteiger partial charge in [0.25, 0.3) is 0 Å². The van der Waals surface area contributed by atoms with Gasteiger partial charge >= 0.3 is 5.97 Å². The first-order valence-electron chi connectivity index (χ1n) is 6.52. The Morgan fingerprint density at radius 1 is 1.40 bits per heavy atom. The molecule has 0 saturated heterocycles. The fourth-order valence-corrected chi connectivity index (χ4v) is 2.44. The van der Waals surface area contributed by atoms with Crippen LogP contribution in [0.1, 0.15) is 35.0 Å². The molecule has 0 radical (unpaired) electrons. The second kappa shape index (κ2) is 3.96. The van der Waals surface area contributed by atoms with Crippen molar-refractivity contribution < 1.29 is 14.3 Å². The van der Waals surface area contributed by atoms with E-state index in [1.165, 1.54) is 12.8 Å². The van der Waals surface area contributed by atoms with Crippen LogP contribution < -0.4 is 0 Å². The van der Waals surface area contributed by atoms with Crippen LogP contribution in [0, 0.1) is 0 Å². The van der Waals surface area contributed by atoms with Crippen molar-refractivity contribution in [2.24, 2.45) is 0 Å². The van der Waals surface area contributed by atoms with Crippen molar-refractivity contribution in [3.63, 3.8) is 0 Å². The van der Waals surface area contributed by atoms with Gasteiger partial charge in [-0.2, -0.15) is 0 Å². The molecular formula is C15H12N2O3. The smallest absolute Gasteiger partial charge is 0.371 e. The lowest BCUT2D eigenvalue weighted by Crippen LogP contribution is -1.92. The van der Waals surface area contributed by atoms with Crippen molar-refractivity contribution in [1.82, 2.24) is 9.55 Å². The molecule has 0 bridgehead atoms. The number of fused-ring (bicyclic) bond motifs is 1. The predicted molar refractivity (Wildman–Crippen MR) is 72.3 cm³/mol. The molecule has 1 aliphatic carbocycles. The average molecular weight is 268 g/mol. The van der Waals surface area contributed by atoms with Crippen LogP contribution >= 0.6 is 0 Å². The first kappa shape index (κ1) is 11.3. The summed E-state index contributed by atoms with van der Waals surface area (Å²) in [5, 5.41) is 9.80. The number of imidazole rings is 1. The van der Waals surface area contributed by atoms with Gasteiger partial charge in [0.1, 0.15) is 5.58 Å². The Morgan fingerprint density at radius 2 is 2.25 bits per heavy atom. The second-order valence-corrected chi connectivity index (χ2v) is 5.08. The number of rotatable bonds is 3. The third-order valence-electron chi connectivity index (χ3n) is 3.63. The molecule has 1 fully saturated rings. The van der Waals surface area contributed by atoms with Gasteiger partial charge < -0.3 is 14.1 Å². The number of carbonyl (C=O) groups is 1. The molecule has 1 aliphatic rings. The van der Waals surface area contributed by atoms with E-state index in [4.69, 9.17) is 9.52 Å². The quantitative estimate of drug-likeness (QED) is 0.792. The van der Waals surface area contributed by atoms with E-state index < -0.39 is 5.97 Å². The van der Waals surface area contributed by atoms with Crippen LogP contribution in [0.2, 0.25) is 0 Å². The molecule has 0 aliphatic heterocycles. The average Bonchev–Trinajstić information content (AvgIpc) is 3.02. The summed E-state index contributed by atoms with van der Waals surface area (Å²) in [7, 11) is 0. The summed E-state index contributed by atoms with van der Waals surface area (Å²) in [5.74, 6) is -0.513. The SMILES string of the molecule is O=C(O)c1cc2c(-n3cnc(C4CC4)c3)cccc2o1. The maximum atomic E-state index is 11.0. The van der Waals surface area contributed by atoms with Gasteiger partial charge in [0, 0.05) is 23.6 Å². The summed E-state index contributed by atoms with van der Waals surface area (Å²) in [6.45, 7) is 0. The molecule has 4 rings (SSSR count). The van der Waals surface area contributed by atoms with Gasteiger partial charge in [-0.3, -0.25) is 0 Å². The maximum absolute atomic E-state index is 11.0. The summed E-state index contributed by atoms with van der Waals surface area (Å²) in [6, 6.07) is 7.11. The number of hydrogen-bond donors (Lipinski definition) is 1. The molecule has 0 spiro atoms. The molecule has 0 atom stereocenters. The Morgan fingerprint density at radius 3 is 3.00 bits per heavy atom. The van der Waals surface area contributed by atoms with Crippen LogP contribution in [0.3, 0.4) is 0 Å². The van der Waals surface area contributed by atoms with E-state index in [0.717, 1.165) is 16.8 Å². The van der Waals surface area contributed by atoms with Crippen molar-refractivity contribution in [3.8, 4) is 5.69 Å². The molecule has 2 heterocycles. The highest BCUT2D eigenvalue weighted by atomic mass is 16.4. The number of benzene rings is 1. The Hall–Kier alpha value is -2.56. The summed E-state index contributed by atoms with van der Waals surface area (Å²) in [6.07, 6.45) is 6.20. The number of furan rings is 1. The predicted octanol–water partition coefficient (Wildman–Crippen LogP) is 3.19. The summed E-state index contributed by atoms with van der Waals surface area (Å²) in [4.78, 5) is 15.4. The Balaban J connectivity index is 1.86. The number of nitrogens with zero attached hydrogens (tertiary/aromatic N) is 2. The van der Waals surface area contributed by atoms with Gasteiger partial charge in [-0.15, -0.1) is 0 Å². The Bertz CT molecular complexity index is 812. The molecule has 5 nitrogen and oxygen atoms in total. The van der Waals surface area contributed by atoms with Crippen LogP contribution in [0.15, 0.2) is 41.2 Å².